The monoisotopic (exact) mass is 415 g/mol. The highest BCUT2D eigenvalue weighted by molar-refractivity contribution is 7.89. The first-order valence-corrected chi connectivity index (χ1v) is 11.0. The van der Waals surface area contributed by atoms with Gasteiger partial charge in [0.25, 0.3) is 5.69 Å². The number of Topliss-reactive ketones (excluding diaryl/α,β-unsaturated/α-hetero) is 1. The molecule has 9 heteroatoms. The fourth-order valence-electron chi connectivity index (χ4n) is 4.21. The number of rotatable bonds is 5. The lowest BCUT2D eigenvalue weighted by atomic mass is 9.75. The number of fused-ring (bicyclic) bond motifs is 1. The summed E-state index contributed by atoms with van der Waals surface area (Å²) < 4.78 is 29.0. The Labute approximate surface area is 168 Å². The van der Waals surface area contributed by atoms with Crippen molar-refractivity contribution >= 4 is 27.2 Å². The Morgan fingerprint density at radius 2 is 1.83 bits per heavy atom. The van der Waals surface area contributed by atoms with E-state index in [-0.39, 0.29) is 16.4 Å². The van der Waals surface area contributed by atoms with E-state index < -0.39 is 20.5 Å². The number of nitrogens with one attached hydrogen (secondary N) is 2. The van der Waals surface area contributed by atoms with E-state index in [1.54, 1.807) is 6.07 Å². The molecular formula is C20H21N3O5S. The number of hydrogen-bond acceptors (Lipinski definition) is 6. The van der Waals surface area contributed by atoms with Crippen molar-refractivity contribution in [2.24, 2.45) is 0 Å². The molecule has 0 aromatic heterocycles. The van der Waals surface area contributed by atoms with E-state index in [1.165, 1.54) is 12.1 Å². The lowest BCUT2D eigenvalue weighted by molar-refractivity contribution is -0.384. The molecule has 8 nitrogen and oxygen atoms in total. The normalized spacial score (nSPS) is 21.4. The molecule has 1 atom stereocenters. The number of anilines is 1. The van der Waals surface area contributed by atoms with Gasteiger partial charge in [-0.2, -0.15) is 4.72 Å². The molecule has 1 saturated carbocycles. The summed E-state index contributed by atoms with van der Waals surface area (Å²) in [7, 11) is -4.08. The van der Waals surface area contributed by atoms with Gasteiger partial charge in [0.1, 0.15) is 5.54 Å². The Morgan fingerprint density at radius 1 is 1.07 bits per heavy atom. The Kier molecular flexibility index (Phi) is 4.87. The number of carbonyl (C=O) groups excluding carboxylic acids is 1. The zero-order valence-corrected chi connectivity index (χ0v) is 16.5. The molecule has 0 radical (unpaired) electrons. The molecular weight excluding hydrogens is 394 g/mol. The third kappa shape index (κ3) is 3.40. The van der Waals surface area contributed by atoms with E-state index in [9.17, 15) is 23.3 Å². The summed E-state index contributed by atoms with van der Waals surface area (Å²) >= 11 is 0. The number of ketones is 1. The van der Waals surface area contributed by atoms with Crippen LogP contribution in [-0.4, -0.2) is 25.7 Å². The van der Waals surface area contributed by atoms with Crippen LogP contribution in [0, 0.1) is 10.1 Å². The van der Waals surface area contributed by atoms with Crippen LogP contribution >= 0.6 is 0 Å². The summed E-state index contributed by atoms with van der Waals surface area (Å²) in [5.74, 6) is -0.156. The molecule has 0 amide bonds. The van der Waals surface area contributed by atoms with Crippen LogP contribution in [0.2, 0.25) is 0 Å². The van der Waals surface area contributed by atoms with Gasteiger partial charge in [0, 0.05) is 36.3 Å². The van der Waals surface area contributed by atoms with Crippen LogP contribution in [0.15, 0.2) is 47.4 Å². The number of para-hydroxylation sites is 1. The molecule has 1 aliphatic heterocycles. The van der Waals surface area contributed by atoms with Crippen LogP contribution in [0.1, 0.15) is 36.8 Å². The number of carbonyl (C=O) groups is 1. The van der Waals surface area contributed by atoms with Gasteiger partial charge < -0.3 is 5.32 Å². The smallest absolute Gasteiger partial charge is 0.269 e. The number of nitro benzene ring substituents is 1. The highest BCUT2D eigenvalue weighted by atomic mass is 32.2. The van der Waals surface area contributed by atoms with Crippen LogP contribution in [0.4, 0.5) is 11.4 Å². The maximum Gasteiger partial charge on any atom is 0.269 e. The van der Waals surface area contributed by atoms with Crippen molar-refractivity contribution in [2.45, 2.75) is 42.5 Å². The average molecular weight is 415 g/mol. The SMILES string of the molecule is O=C1CCCC[C@]1(NS(=O)(=O)c1ccc([N+](=O)[O-])cc1)c1cccc2c1NCC2. The van der Waals surface area contributed by atoms with Crippen molar-refractivity contribution in [1.29, 1.82) is 0 Å². The van der Waals surface area contributed by atoms with Gasteiger partial charge in [-0.3, -0.25) is 14.9 Å². The minimum atomic E-state index is -4.08. The summed E-state index contributed by atoms with van der Waals surface area (Å²) in [5, 5.41) is 14.1. The third-order valence-corrected chi connectivity index (χ3v) is 7.16. The molecule has 1 fully saturated rings. The highest BCUT2D eigenvalue weighted by Gasteiger charge is 2.46. The van der Waals surface area contributed by atoms with Gasteiger partial charge >= 0.3 is 0 Å². The molecule has 0 unspecified atom stereocenters. The number of nitro groups is 1. The lowest BCUT2D eigenvalue weighted by Gasteiger charge is -2.37. The van der Waals surface area contributed by atoms with Crippen molar-refractivity contribution in [3.8, 4) is 0 Å². The van der Waals surface area contributed by atoms with E-state index >= 15 is 0 Å². The van der Waals surface area contributed by atoms with E-state index in [0.717, 1.165) is 49.2 Å². The second-order valence-electron chi connectivity index (χ2n) is 7.41. The van der Waals surface area contributed by atoms with Gasteiger partial charge in [0.15, 0.2) is 5.78 Å². The van der Waals surface area contributed by atoms with Crippen molar-refractivity contribution in [3.63, 3.8) is 0 Å². The predicted octanol–water partition coefficient (Wildman–Crippen LogP) is 2.88. The summed E-state index contributed by atoms with van der Waals surface area (Å²) in [5.41, 5.74) is 1.01. The van der Waals surface area contributed by atoms with Gasteiger partial charge in [0.2, 0.25) is 10.0 Å². The fourth-order valence-corrected chi connectivity index (χ4v) is 5.60. The lowest BCUT2D eigenvalue weighted by Crippen LogP contribution is -2.53. The fraction of sp³-hybridized carbons (Fsp3) is 0.350. The molecule has 0 bridgehead atoms. The first-order valence-electron chi connectivity index (χ1n) is 9.51. The van der Waals surface area contributed by atoms with Gasteiger partial charge in [-0.1, -0.05) is 24.6 Å². The van der Waals surface area contributed by atoms with Crippen LogP contribution in [-0.2, 0) is 26.8 Å². The molecule has 4 rings (SSSR count). The number of nitrogens with zero attached hydrogens (tertiary/aromatic N) is 1. The van der Waals surface area contributed by atoms with E-state index in [0.29, 0.717) is 18.4 Å². The van der Waals surface area contributed by atoms with E-state index in [1.807, 2.05) is 12.1 Å². The maximum atomic E-state index is 13.2. The van der Waals surface area contributed by atoms with E-state index in [4.69, 9.17) is 0 Å². The number of benzene rings is 2. The minimum Gasteiger partial charge on any atom is -0.384 e. The number of hydrogen-bond donors (Lipinski definition) is 2. The van der Waals surface area contributed by atoms with E-state index in [2.05, 4.69) is 10.0 Å². The molecule has 2 N–H and O–H groups in total. The van der Waals surface area contributed by atoms with Crippen LogP contribution in [0.5, 0.6) is 0 Å². The molecule has 152 valence electrons. The molecule has 2 aromatic rings. The summed E-state index contributed by atoms with van der Waals surface area (Å²) in [6.45, 7) is 0.742. The Bertz CT molecular complexity index is 1080. The molecule has 0 spiro atoms. The highest BCUT2D eigenvalue weighted by Crippen LogP contribution is 2.42. The molecule has 0 saturated heterocycles. The van der Waals surface area contributed by atoms with Gasteiger partial charge in [0.05, 0.1) is 9.82 Å². The quantitative estimate of drug-likeness (QED) is 0.573. The zero-order chi connectivity index (χ0) is 20.6. The average Bonchev–Trinajstić information content (AvgIpc) is 3.18. The zero-order valence-electron chi connectivity index (χ0n) is 15.7. The van der Waals surface area contributed by atoms with Crippen LogP contribution in [0.3, 0.4) is 0 Å². The second-order valence-corrected chi connectivity index (χ2v) is 9.09. The van der Waals surface area contributed by atoms with Gasteiger partial charge in [-0.15, -0.1) is 0 Å². The minimum absolute atomic E-state index is 0.110. The number of non-ortho nitro benzene ring substituents is 1. The molecule has 2 aliphatic rings. The Hall–Kier alpha value is -2.78. The second kappa shape index (κ2) is 7.23. The Morgan fingerprint density at radius 3 is 2.52 bits per heavy atom. The predicted molar refractivity (Wildman–Crippen MR) is 107 cm³/mol. The first-order chi connectivity index (χ1) is 13.8. The molecule has 1 heterocycles. The molecule has 1 aliphatic carbocycles. The largest absolute Gasteiger partial charge is 0.384 e. The topological polar surface area (TPSA) is 118 Å². The third-order valence-electron chi connectivity index (χ3n) is 5.65. The number of sulfonamides is 1. The summed E-state index contributed by atoms with van der Waals surface area (Å²) in [6, 6.07) is 10.3. The molecule has 2 aromatic carbocycles. The molecule has 29 heavy (non-hydrogen) atoms. The summed E-state index contributed by atoms with van der Waals surface area (Å²) in [4.78, 5) is 23.3. The maximum absolute atomic E-state index is 13.2. The van der Waals surface area contributed by atoms with Gasteiger partial charge in [-0.25, -0.2) is 8.42 Å². The van der Waals surface area contributed by atoms with Gasteiger partial charge in [-0.05, 0) is 37.0 Å². The standard InChI is InChI=1S/C20H21N3O5S/c24-18-6-1-2-12-20(18,17-5-3-4-14-11-13-21-19(14)17)22-29(27,28)16-9-7-15(8-10-16)23(25)26/h3-5,7-10,21-22H,1-2,6,11-13H2/t20-/m0/s1. The van der Waals surface area contributed by atoms with Crippen LogP contribution in [0.25, 0.3) is 0 Å². The van der Waals surface area contributed by atoms with Crippen molar-refractivity contribution in [2.75, 3.05) is 11.9 Å². The van der Waals surface area contributed by atoms with Crippen molar-refractivity contribution in [3.05, 3.63) is 63.7 Å². The van der Waals surface area contributed by atoms with Crippen LogP contribution < -0.4 is 10.0 Å². The van der Waals surface area contributed by atoms with Crippen molar-refractivity contribution in [1.82, 2.24) is 4.72 Å². The van der Waals surface area contributed by atoms with Crippen molar-refractivity contribution < 1.29 is 18.1 Å². The Balaban J connectivity index is 1.78. The summed E-state index contributed by atoms with van der Waals surface area (Å²) in [6.07, 6.45) is 2.94. The first kappa shape index (κ1) is 19.5.